The monoisotopic (exact) mass is 314 g/mol. The van der Waals surface area contributed by atoms with E-state index >= 15 is 0 Å². The lowest BCUT2D eigenvalue weighted by Gasteiger charge is -2.16. The first kappa shape index (κ1) is 14.7. The molecule has 18 heavy (non-hydrogen) atoms. The summed E-state index contributed by atoms with van der Waals surface area (Å²) in [6.45, 7) is 3.65. The number of hydrogen-bond acceptors (Lipinski definition) is 3. The van der Waals surface area contributed by atoms with Crippen LogP contribution in [-0.2, 0) is 4.79 Å². The molecule has 1 aromatic rings. The molecule has 0 saturated carbocycles. The number of aromatic carboxylic acids is 1. The molecule has 0 unspecified atom stereocenters. The molecule has 4 N–H and O–H groups in total. The van der Waals surface area contributed by atoms with Gasteiger partial charge in [-0.3, -0.25) is 4.79 Å². The maximum Gasteiger partial charge on any atom is 0.337 e. The van der Waals surface area contributed by atoms with Gasteiger partial charge in [0.15, 0.2) is 0 Å². The highest BCUT2D eigenvalue weighted by Crippen LogP contribution is 2.22. The van der Waals surface area contributed by atoms with Crippen LogP contribution in [0.4, 0.5) is 5.69 Å². The van der Waals surface area contributed by atoms with Crippen LogP contribution in [0.25, 0.3) is 0 Å². The number of amides is 1. The van der Waals surface area contributed by atoms with Gasteiger partial charge in [-0.2, -0.15) is 0 Å². The average Bonchev–Trinajstić information content (AvgIpc) is 2.27. The molecule has 1 atom stereocenters. The second-order valence-corrected chi connectivity index (χ2v) is 5.17. The summed E-state index contributed by atoms with van der Waals surface area (Å²) in [6.07, 6.45) is 0. The van der Waals surface area contributed by atoms with Gasteiger partial charge in [-0.1, -0.05) is 29.8 Å². The zero-order valence-electron chi connectivity index (χ0n) is 10.1. The molecule has 1 amide bonds. The average molecular weight is 315 g/mol. The molecule has 0 radical (unpaired) electrons. The van der Waals surface area contributed by atoms with E-state index < -0.39 is 17.9 Å². The number of anilines is 1. The number of hydrogen-bond donors (Lipinski definition) is 3. The van der Waals surface area contributed by atoms with Crippen LogP contribution in [-0.4, -0.2) is 23.0 Å². The molecule has 0 fully saturated rings. The number of rotatable bonds is 4. The molecular formula is C12H15BrN2O3. The second-order valence-electron chi connectivity index (χ2n) is 4.25. The molecular weight excluding hydrogens is 300 g/mol. The van der Waals surface area contributed by atoms with Crippen molar-refractivity contribution in [3.8, 4) is 0 Å². The van der Waals surface area contributed by atoms with Crippen molar-refractivity contribution in [3.63, 3.8) is 0 Å². The Morgan fingerprint density at radius 1 is 1.39 bits per heavy atom. The second kappa shape index (κ2) is 5.97. The minimum absolute atomic E-state index is 0.0227. The molecule has 5 nitrogen and oxygen atoms in total. The van der Waals surface area contributed by atoms with Gasteiger partial charge in [0.25, 0.3) is 0 Å². The van der Waals surface area contributed by atoms with E-state index in [0.717, 1.165) is 0 Å². The van der Waals surface area contributed by atoms with Crippen LogP contribution in [0.2, 0.25) is 0 Å². The van der Waals surface area contributed by atoms with E-state index in [1.165, 1.54) is 12.1 Å². The fourth-order valence-corrected chi connectivity index (χ4v) is 1.69. The number of benzene rings is 1. The van der Waals surface area contributed by atoms with E-state index in [-0.39, 0.29) is 17.2 Å². The van der Waals surface area contributed by atoms with Crippen LogP contribution < -0.4 is 11.1 Å². The Bertz CT molecular complexity index is 474. The van der Waals surface area contributed by atoms with Crippen LogP contribution in [0.1, 0.15) is 24.2 Å². The van der Waals surface area contributed by atoms with Crippen LogP contribution in [0.15, 0.2) is 22.7 Å². The Morgan fingerprint density at radius 3 is 2.50 bits per heavy atom. The van der Waals surface area contributed by atoms with Gasteiger partial charge in [-0.05, 0) is 24.1 Å². The van der Waals surface area contributed by atoms with Gasteiger partial charge in [-0.25, -0.2) is 4.79 Å². The third-order valence-corrected chi connectivity index (χ3v) is 2.98. The van der Waals surface area contributed by atoms with E-state index in [1.807, 2.05) is 13.8 Å². The zero-order chi connectivity index (χ0) is 13.9. The summed E-state index contributed by atoms with van der Waals surface area (Å²) in [6, 6.07) is 3.88. The first-order chi connectivity index (χ1) is 8.32. The smallest absolute Gasteiger partial charge is 0.337 e. The summed E-state index contributed by atoms with van der Waals surface area (Å²) < 4.78 is 0.681. The van der Waals surface area contributed by atoms with Crippen molar-refractivity contribution in [3.05, 3.63) is 28.2 Å². The van der Waals surface area contributed by atoms with Crippen molar-refractivity contribution < 1.29 is 14.7 Å². The summed E-state index contributed by atoms with van der Waals surface area (Å²) >= 11 is 3.23. The van der Waals surface area contributed by atoms with Gasteiger partial charge in [0.2, 0.25) is 5.91 Å². The predicted octanol–water partition coefficient (Wildman–Crippen LogP) is 2.07. The maximum atomic E-state index is 11.8. The summed E-state index contributed by atoms with van der Waals surface area (Å²) in [5.74, 6) is -1.52. The summed E-state index contributed by atoms with van der Waals surface area (Å²) in [5.41, 5.74) is 5.97. The van der Waals surface area contributed by atoms with Gasteiger partial charge >= 0.3 is 5.97 Å². The molecule has 6 heteroatoms. The molecule has 0 heterocycles. The SMILES string of the molecule is CC(C)[C@@H](N)C(=O)Nc1cc(Br)ccc1C(=O)O. The lowest BCUT2D eigenvalue weighted by molar-refractivity contribution is -0.118. The number of carbonyl (C=O) groups is 2. The van der Waals surface area contributed by atoms with Gasteiger partial charge in [0.05, 0.1) is 17.3 Å². The van der Waals surface area contributed by atoms with E-state index in [9.17, 15) is 9.59 Å². The molecule has 0 aliphatic carbocycles. The van der Waals surface area contributed by atoms with Gasteiger partial charge in [0, 0.05) is 4.47 Å². The highest BCUT2D eigenvalue weighted by molar-refractivity contribution is 9.10. The lowest BCUT2D eigenvalue weighted by Crippen LogP contribution is -2.40. The Hall–Kier alpha value is -1.40. The summed E-state index contributed by atoms with van der Waals surface area (Å²) in [4.78, 5) is 22.8. The predicted molar refractivity (Wildman–Crippen MR) is 72.5 cm³/mol. The fourth-order valence-electron chi connectivity index (χ4n) is 1.33. The third kappa shape index (κ3) is 3.54. The Labute approximate surface area is 113 Å². The Morgan fingerprint density at radius 2 is 2.00 bits per heavy atom. The van der Waals surface area contributed by atoms with Crippen LogP contribution in [0, 0.1) is 5.92 Å². The minimum atomic E-state index is -1.10. The number of carboxylic acids is 1. The van der Waals surface area contributed by atoms with E-state index in [1.54, 1.807) is 6.07 Å². The summed E-state index contributed by atoms with van der Waals surface area (Å²) in [5, 5.41) is 11.6. The molecule has 1 aromatic carbocycles. The lowest BCUT2D eigenvalue weighted by atomic mass is 10.0. The van der Waals surface area contributed by atoms with Crippen molar-refractivity contribution in [2.45, 2.75) is 19.9 Å². The molecule has 0 aliphatic heterocycles. The number of nitrogens with two attached hydrogens (primary N) is 1. The number of carboxylic acid groups (broad SMARTS) is 1. The number of carbonyl (C=O) groups excluding carboxylic acids is 1. The fraction of sp³-hybridized carbons (Fsp3) is 0.333. The first-order valence-electron chi connectivity index (χ1n) is 5.42. The molecule has 98 valence electrons. The third-order valence-electron chi connectivity index (χ3n) is 2.49. The van der Waals surface area contributed by atoms with E-state index in [4.69, 9.17) is 10.8 Å². The Balaban J connectivity index is 2.99. The van der Waals surface area contributed by atoms with Crippen molar-refractivity contribution in [2.75, 3.05) is 5.32 Å². The van der Waals surface area contributed by atoms with Crippen molar-refractivity contribution >= 4 is 33.5 Å². The molecule has 1 rings (SSSR count). The molecule has 0 aliphatic rings. The van der Waals surface area contributed by atoms with E-state index in [0.29, 0.717) is 4.47 Å². The molecule has 0 bridgehead atoms. The standard InChI is InChI=1S/C12H15BrN2O3/c1-6(2)10(14)11(16)15-9-5-7(13)3-4-8(9)12(17)18/h3-6,10H,14H2,1-2H3,(H,15,16)(H,17,18)/t10-/m1/s1. The highest BCUT2D eigenvalue weighted by Gasteiger charge is 2.19. The molecule has 0 saturated heterocycles. The minimum Gasteiger partial charge on any atom is -0.478 e. The van der Waals surface area contributed by atoms with Crippen molar-refractivity contribution in [2.24, 2.45) is 11.7 Å². The first-order valence-corrected chi connectivity index (χ1v) is 6.21. The van der Waals surface area contributed by atoms with Crippen molar-refractivity contribution in [1.82, 2.24) is 0 Å². The van der Waals surface area contributed by atoms with Crippen LogP contribution >= 0.6 is 15.9 Å². The largest absolute Gasteiger partial charge is 0.478 e. The van der Waals surface area contributed by atoms with Crippen LogP contribution in [0.5, 0.6) is 0 Å². The van der Waals surface area contributed by atoms with Crippen molar-refractivity contribution in [1.29, 1.82) is 0 Å². The Kier molecular flexibility index (Phi) is 4.86. The molecule has 0 aromatic heterocycles. The van der Waals surface area contributed by atoms with Gasteiger partial charge < -0.3 is 16.2 Å². The zero-order valence-corrected chi connectivity index (χ0v) is 11.7. The summed E-state index contributed by atoms with van der Waals surface area (Å²) in [7, 11) is 0. The maximum absolute atomic E-state index is 11.8. The number of nitrogens with one attached hydrogen (secondary N) is 1. The number of halogens is 1. The topological polar surface area (TPSA) is 92.4 Å². The van der Waals surface area contributed by atoms with Crippen LogP contribution in [0.3, 0.4) is 0 Å². The quantitative estimate of drug-likeness (QED) is 0.793. The molecule has 0 spiro atoms. The van der Waals surface area contributed by atoms with E-state index in [2.05, 4.69) is 21.2 Å². The van der Waals surface area contributed by atoms with Gasteiger partial charge in [-0.15, -0.1) is 0 Å². The normalized spacial score (nSPS) is 12.3. The van der Waals surface area contributed by atoms with Gasteiger partial charge in [0.1, 0.15) is 0 Å². The highest BCUT2D eigenvalue weighted by atomic mass is 79.9.